The molecule has 1 aromatic carbocycles. The number of esters is 2. The number of carbonyl (C=O) groups excluding carboxylic acids is 2. The predicted molar refractivity (Wildman–Crippen MR) is 137 cm³/mol. The first-order valence-corrected chi connectivity index (χ1v) is 13.5. The Kier molecular flexibility index (Phi) is 17.4. The van der Waals surface area contributed by atoms with Gasteiger partial charge in [-0.15, -0.1) is 0 Å². The molecule has 0 spiro atoms. The number of benzene rings is 1. The minimum atomic E-state index is -0.469. The van der Waals surface area contributed by atoms with E-state index < -0.39 is 11.9 Å². The van der Waals surface area contributed by atoms with E-state index in [0.717, 1.165) is 12.8 Å². The normalized spacial score (nSPS) is 11.0. The molecule has 0 aliphatic rings. The Morgan fingerprint density at radius 1 is 0.636 bits per heavy atom. The van der Waals surface area contributed by atoms with E-state index in [1.54, 1.807) is 24.3 Å². The van der Waals surface area contributed by atoms with Gasteiger partial charge in [0.05, 0.1) is 24.3 Å². The summed E-state index contributed by atoms with van der Waals surface area (Å²) in [6, 6.07) is 6.72. The summed E-state index contributed by atoms with van der Waals surface area (Å²) in [5, 5.41) is 0. The lowest BCUT2D eigenvalue weighted by atomic mass is 10.0. The van der Waals surface area contributed by atoms with Crippen LogP contribution in [0.1, 0.15) is 138 Å². The Bertz CT molecular complexity index is 638. The maximum atomic E-state index is 12.4. The van der Waals surface area contributed by atoms with E-state index in [0.29, 0.717) is 13.2 Å². The van der Waals surface area contributed by atoms with Gasteiger partial charge in [-0.2, -0.15) is 0 Å². The van der Waals surface area contributed by atoms with Crippen LogP contribution in [0.5, 0.6) is 0 Å². The van der Waals surface area contributed by atoms with E-state index in [4.69, 9.17) is 9.47 Å². The van der Waals surface area contributed by atoms with E-state index in [-0.39, 0.29) is 17.0 Å². The molecule has 0 amide bonds. The number of rotatable bonds is 20. The lowest BCUT2D eigenvalue weighted by Crippen LogP contribution is -2.16. The van der Waals surface area contributed by atoms with E-state index in [1.165, 1.54) is 83.5 Å². The zero-order valence-corrected chi connectivity index (χ0v) is 21.5. The van der Waals surface area contributed by atoms with E-state index in [9.17, 15) is 9.59 Å². The Labute approximate surface area is 202 Å². The topological polar surface area (TPSA) is 52.6 Å². The van der Waals surface area contributed by atoms with Crippen LogP contribution in [0.15, 0.2) is 24.3 Å². The van der Waals surface area contributed by atoms with Crippen LogP contribution in [-0.4, -0.2) is 25.2 Å². The molecule has 0 saturated carbocycles. The molecule has 188 valence electrons. The molecular formula is C29H48O4. The molecule has 0 bridgehead atoms. The van der Waals surface area contributed by atoms with Crippen molar-refractivity contribution in [3.8, 4) is 0 Å². The van der Waals surface area contributed by atoms with Crippen LogP contribution in [0.4, 0.5) is 0 Å². The Hall–Kier alpha value is -1.84. The van der Waals surface area contributed by atoms with E-state index in [2.05, 4.69) is 6.92 Å². The quantitative estimate of drug-likeness (QED) is 0.144. The molecule has 0 N–H and O–H groups in total. The highest BCUT2D eigenvalue weighted by Crippen LogP contribution is 2.15. The molecule has 33 heavy (non-hydrogen) atoms. The molecule has 0 aromatic heterocycles. The summed E-state index contributed by atoms with van der Waals surface area (Å²) in [6.45, 7) is 6.95. The highest BCUT2D eigenvalue weighted by Gasteiger charge is 2.19. The van der Waals surface area contributed by atoms with Crippen molar-refractivity contribution in [2.75, 3.05) is 13.2 Å². The van der Waals surface area contributed by atoms with Gasteiger partial charge < -0.3 is 9.47 Å². The standard InChI is InChI=1S/C29H48O4/c1-4-5-6-7-8-9-10-11-12-13-14-15-16-17-20-23-32-28(30)26-21-18-19-22-27(26)29(31)33-24-25(2)3/h18-19,21-22,25H,4-17,20,23-24H2,1-3H3. The second-order valence-electron chi connectivity index (χ2n) is 9.62. The maximum Gasteiger partial charge on any atom is 0.339 e. The molecule has 0 radical (unpaired) electrons. The van der Waals surface area contributed by atoms with Gasteiger partial charge in [-0.05, 0) is 24.5 Å². The third-order valence-corrected chi connectivity index (χ3v) is 5.90. The lowest BCUT2D eigenvalue weighted by molar-refractivity contribution is 0.0427. The minimum absolute atomic E-state index is 0.248. The molecule has 0 fully saturated rings. The highest BCUT2D eigenvalue weighted by atomic mass is 16.5. The molecule has 4 heteroatoms. The summed E-state index contributed by atoms with van der Waals surface area (Å²) in [5.74, 6) is -0.668. The van der Waals surface area contributed by atoms with Gasteiger partial charge in [0, 0.05) is 0 Å². The van der Waals surface area contributed by atoms with Crippen molar-refractivity contribution >= 4 is 11.9 Å². The van der Waals surface area contributed by atoms with Crippen molar-refractivity contribution in [2.24, 2.45) is 5.92 Å². The summed E-state index contributed by atoms with van der Waals surface area (Å²) < 4.78 is 10.7. The third-order valence-electron chi connectivity index (χ3n) is 5.90. The number of ether oxygens (including phenoxy) is 2. The molecule has 1 aromatic rings. The van der Waals surface area contributed by atoms with Crippen LogP contribution in [-0.2, 0) is 9.47 Å². The SMILES string of the molecule is CCCCCCCCCCCCCCCCCOC(=O)c1ccccc1C(=O)OCC(C)C. The average Bonchev–Trinajstić information content (AvgIpc) is 2.82. The van der Waals surface area contributed by atoms with Gasteiger partial charge in [0.1, 0.15) is 0 Å². The lowest BCUT2D eigenvalue weighted by Gasteiger charge is -2.11. The fourth-order valence-corrected chi connectivity index (χ4v) is 3.88. The number of hydrogen-bond acceptors (Lipinski definition) is 4. The van der Waals surface area contributed by atoms with Crippen molar-refractivity contribution in [3.63, 3.8) is 0 Å². The van der Waals surface area contributed by atoms with Gasteiger partial charge in [0.2, 0.25) is 0 Å². The number of hydrogen-bond donors (Lipinski definition) is 0. The van der Waals surface area contributed by atoms with Gasteiger partial charge in [-0.25, -0.2) is 9.59 Å². The number of carbonyl (C=O) groups is 2. The van der Waals surface area contributed by atoms with Gasteiger partial charge in [0.25, 0.3) is 0 Å². The summed E-state index contributed by atoms with van der Waals surface area (Å²) in [6.07, 6.45) is 19.6. The van der Waals surface area contributed by atoms with Crippen LogP contribution in [0.25, 0.3) is 0 Å². The molecule has 0 heterocycles. The van der Waals surface area contributed by atoms with Crippen molar-refractivity contribution in [2.45, 2.75) is 117 Å². The van der Waals surface area contributed by atoms with Crippen molar-refractivity contribution in [1.29, 1.82) is 0 Å². The molecule has 0 unspecified atom stereocenters. The van der Waals surface area contributed by atoms with Gasteiger partial charge >= 0.3 is 11.9 Å². The molecule has 0 atom stereocenters. The fraction of sp³-hybridized carbons (Fsp3) is 0.724. The first-order chi connectivity index (χ1) is 16.1. The van der Waals surface area contributed by atoms with Gasteiger partial charge in [0.15, 0.2) is 0 Å². The summed E-state index contributed by atoms with van der Waals surface area (Å²) >= 11 is 0. The van der Waals surface area contributed by atoms with Crippen molar-refractivity contribution in [1.82, 2.24) is 0 Å². The Morgan fingerprint density at radius 2 is 1.03 bits per heavy atom. The fourth-order valence-electron chi connectivity index (χ4n) is 3.88. The van der Waals surface area contributed by atoms with Gasteiger partial charge in [-0.3, -0.25) is 0 Å². The molecule has 0 saturated heterocycles. The van der Waals surface area contributed by atoms with Crippen LogP contribution in [0.3, 0.4) is 0 Å². The second-order valence-corrected chi connectivity index (χ2v) is 9.62. The zero-order chi connectivity index (χ0) is 24.2. The highest BCUT2D eigenvalue weighted by molar-refractivity contribution is 6.03. The Balaban J connectivity index is 2.05. The molecule has 0 aliphatic heterocycles. The van der Waals surface area contributed by atoms with Crippen LogP contribution < -0.4 is 0 Å². The molecule has 0 aliphatic carbocycles. The van der Waals surface area contributed by atoms with Crippen LogP contribution >= 0.6 is 0 Å². The second kappa shape index (κ2) is 19.6. The van der Waals surface area contributed by atoms with E-state index in [1.807, 2.05) is 13.8 Å². The summed E-state index contributed by atoms with van der Waals surface area (Å²) in [7, 11) is 0. The monoisotopic (exact) mass is 460 g/mol. The van der Waals surface area contributed by atoms with Crippen LogP contribution in [0.2, 0.25) is 0 Å². The van der Waals surface area contributed by atoms with Crippen molar-refractivity contribution < 1.29 is 19.1 Å². The first-order valence-electron chi connectivity index (χ1n) is 13.5. The van der Waals surface area contributed by atoms with Gasteiger partial charge in [-0.1, -0.05) is 123 Å². The largest absolute Gasteiger partial charge is 0.462 e. The average molecular weight is 461 g/mol. The van der Waals surface area contributed by atoms with Crippen molar-refractivity contribution in [3.05, 3.63) is 35.4 Å². The zero-order valence-electron chi connectivity index (χ0n) is 21.5. The van der Waals surface area contributed by atoms with E-state index >= 15 is 0 Å². The number of unbranched alkanes of at least 4 members (excludes halogenated alkanes) is 14. The maximum absolute atomic E-state index is 12.4. The molecule has 4 nitrogen and oxygen atoms in total. The predicted octanol–water partition coefficient (Wildman–Crippen LogP) is 8.53. The Morgan fingerprint density at radius 3 is 1.45 bits per heavy atom. The summed E-state index contributed by atoms with van der Waals surface area (Å²) in [5.41, 5.74) is 0.562. The third kappa shape index (κ3) is 14.8. The molecule has 1 rings (SSSR count). The first kappa shape index (κ1) is 29.2. The minimum Gasteiger partial charge on any atom is -0.462 e. The smallest absolute Gasteiger partial charge is 0.339 e. The van der Waals surface area contributed by atoms with Crippen LogP contribution in [0, 0.1) is 5.92 Å². The summed E-state index contributed by atoms with van der Waals surface area (Å²) in [4.78, 5) is 24.7. The molecular weight excluding hydrogens is 412 g/mol.